The molecular formula is C63H129Al2O18P3. The number of unbranched alkanes of at least 4 members (excludes halogenated alkanes) is 45. The summed E-state index contributed by atoms with van der Waals surface area (Å²) in [6.45, 7) is 6.71. The van der Waals surface area contributed by atoms with Crippen LogP contribution in [0.5, 0.6) is 0 Å². The molecule has 0 bridgehead atoms. The van der Waals surface area contributed by atoms with Gasteiger partial charge in [0.2, 0.25) is 0 Å². The van der Waals surface area contributed by atoms with Gasteiger partial charge in [0.15, 0.2) is 0 Å². The number of hydrogen-bond acceptors (Lipinski definition) is 18. The molecule has 0 fully saturated rings. The molecule has 0 aliphatic carbocycles. The van der Waals surface area contributed by atoms with Crippen LogP contribution in [0.1, 0.15) is 329 Å². The number of phosphoric acid groups is 3. The second-order valence-electron chi connectivity index (χ2n) is 23.3. The summed E-state index contributed by atoms with van der Waals surface area (Å²) in [6, 6.07) is 0. The maximum absolute atomic E-state index is 10.3. The average molecular weight is 1320 g/mol. The molecular weight excluding hydrogens is 1190 g/mol. The van der Waals surface area contributed by atoms with Crippen LogP contribution in [-0.2, 0) is 41.5 Å². The van der Waals surface area contributed by atoms with Crippen LogP contribution in [0, 0.1) is 0 Å². The van der Waals surface area contributed by atoms with Gasteiger partial charge in [0.1, 0.15) is 18.3 Å². The molecule has 0 aliphatic heterocycles. The van der Waals surface area contributed by atoms with Gasteiger partial charge in [0, 0.05) is 19.8 Å². The summed E-state index contributed by atoms with van der Waals surface area (Å²) in [6.07, 6.45) is 59.8. The molecule has 0 rings (SSSR count). The van der Waals surface area contributed by atoms with Crippen molar-refractivity contribution < 1.29 is 86.2 Å². The Hall–Kier alpha value is 1.15. The van der Waals surface area contributed by atoms with Crippen molar-refractivity contribution in [2.24, 2.45) is 0 Å². The van der Waals surface area contributed by atoms with E-state index in [4.69, 9.17) is 14.2 Å². The van der Waals surface area contributed by atoms with Crippen LogP contribution in [0.4, 0.5) is 0 Å². The fourth-order valence-corrected chi connectivity index (χ4v) is 10.7. The first-order valence-corrected chi connectivity index (χ1v) is 38.5. The first-order chi connectivity index (χ1) is 40.4. The fraction of sp³-hybridized carbons (Fsp3) is 1.00. The van der Waals surface area contributed by atoms with Crippen molar-refractivity contribution in [1.29, 1.82) is 0 Å². The Balaban J connectivity index is -0.000000377. The van der Waals surface area contributed by atoms with E-state index in [1.807, 2.05) is 0 Å². The zero-order valence-corrected chi connectivity index (χ0v) is 60.0. The first-order valence-electron chi connectivity index (χ1n) is 34.1. The number of phosphoric ester groups is 3. The molecule has 0 saturated heterocycles. The molecule has 18 nitrogen and oxygen atoms in total. The van der Waals surface area contributed by atoms with Crippen molar-refractivity contribution >= 4 is 58.2 Å². The third-order valence-electron chi connectivity index (χ3n) is 14.6. The van der Waals surface area contributed by atoms with Gasteiger partial charge in [-0.05, 0) is 19.3 Å². The van der Waals surface area contributed by atoms with E-state index in [1.165, 1.54) is 270 Å². The van der Waals surface area contributed by atoms with Crippen molar-refractivity contribution in [3.05, 3.63) is 0 Å². The number of ether oxygens (including phenoxy) is 3. The molecule has 0 aromatic heterocycles. The van der Waals surface area contributed by atoms with Gasteiger partial charge in [0.05, 0.1) is 63.1 Å². The molecule has 0 radical (unpaired) electrons. The summed E-state index contributed by atoms with van der Waals surface area (Å²) in [5.74, 6) is 0. The third kappa shape index (κ3) is 96.3. The van der Waals surface area contributed by atoms with E-state index in [0.717, 1.165) is 38.5 Å². The molecule has 86 heavy (non-hydrogen) atoms. The monoisotopic (exact) mass is 1320 g/mol. The molecule has 3 unspecified atom stereocenters. The van der Waals surface area contributed by atoms with Gasteiger partial charge in [0.25, 0.3) is 0 Å². The summed E-state index contributed by atoms with van der Waals surface area (Å²) in [5, 5.41) is 28.2. The molecule has 0 saturated carbocycles. The summed E-state index contributed by atoms with van der Waals surface area (Å²) in [7, 11) is -15.0. The van der Waals surface area contributed by atoms with Gasteiger partial charge in [-0.15, -0.1) is 0 Å². The van der Waals surface area contributed by atoms with Crippen molar-refractivity contribution in [1.82, 2.24) is 0 Å². The molecule has 3 atom stereocenters. The van der Waals surface area contributed by atoms with Gasteiger partial charge < -0.3 is 86.2 Å². The number of aliphatic hydroxyl groups excluding tert-OH is 3. The summed E-state index contributed by atoms with van der Waals surface area (Å²) < 4.78 is 58.6. The van der Waals surface area contributed by atoms with Gasteiger partial charge in [-0.3, -0.25) is 0 Å². The SMILES string of the molecule is CCCCCCCCCCCCCCCCCCOCC(O)COP(=O)([O-])[O-].CCCCCCCCCCCCCCCCCCOCC(O)COP(=O)([O-])[O-].CCCCCCCCCCCCCCCCCCOCC(O)COP(=O)([O-])[O-].[Al+3].[Al+3]. The van der Waals surface area contributed by atoms with E-state index >= 15 is 0 Å². The van der Waals surface area contributed by atoms with E-state index < -0.39 is 61.6 Å². The van der Waals surface area contributed by atoms with E-state index in [-0.39, 0.29) is 54.5 Å². The number of hydrogen-bond donors (Lipinski definition) is 3. The van der Waals surface area contributed by atoms with Crippen LogP contribution in [0.3, 0.4) is 0 Å². The van der Waals surface area contributed by atoms with Crippen LogP contribution < -0.4 is 29.4 Å². The molecule has 0 amide bonds. The van der Waals surface area contributed by atoms with E-state index in [1.54, 1.807) is 0 Å². The molecule has 0 aromatic carbocycles. The zero-order chi connectivity index (χ0) is 62.8. The Labute approximate surface area is 548 Å². The second-order valence-corrected chi connectivity index (χ2v) is 26.8. The predicted molar refractivity (Wildman–Crippen MR) is 341 cm³/mol. The van der Waals surface area contributed by atoms with Crippen LogP contribution in [0.15, 0.2) is 0 Å². The minimum absolute atomic E-state index is 0. The van der Waals surface area contributed by atoms with Crippen LogP contribution in [-0.4, -0.2) is 128 Å². The smallest absolute Gasteiger partial charge is 0.790 e. The maximum Gasteiger partial charge on any atom is 3.00 e. The first kappa shape index (κ1) is 95.8. The van der Waals surface area contributed by atoms with Crippen molar-refractivity contribution in [2.45, 2.75) is 347 Å². The third-order valence-corrected chi connectivity index (χ3v) is 16.0. The average Bonchev–Trinajstić information content (AvgIpc) is 3.50. The fourth-order valence-electron chi connectivity index (χ4n) is 9.59. The molecule has 0 aliphatic rings. The van der Waals surface area contributed by atoms with Crippen LogP contribution >= 0.6 is 23.5 Å². The van der Waals surface area contributed by atoms with Gasteiger partial charge in [-0.1, -0.05) is 310 Å². The Bertz CT molecular complexity index is 1260. The molecule has 23 heteroatoms. The Morgan fingerprint density at radius 1 is 0.244 bits per heavy atom. The van der Waals surface area contributed by atoms with E-state index in [9.17, 15) is 58.4 Å². The Morgan fingerprint density at radius 2 is 0.372 bits per heavy atom. The van der Waals surface area contributed by atoms with Gasteiger partial charge >= 0.3 is 34.7 Å². The quantitative estimate of drug-likeness (QED) is 0.0289. The van der Waals surface area contributed by atoms with Gasteiger partial charge in [-0.2, -0.15) is 0 Å². The second kappa shape index (κ2) is 75.2. The molecule has 0 spiro atoms. The van der Waals surface area contributed by atoms with Crippen molar-refractivity contribution in [3.63, 3.8) is 0 Å². The molecule has 3 N–H and O–H groups in total. The number of aliphatic hydroxyl groups is 3. The van der Waals surface area contributed by atoms with Crippen molar-refractivity contribution in [2.75, 3.05) is 59.5 Å². The minimum Gasteiger partial charge on any atom is -0.790 e. The van der Waals surface area contributed by atoms with Crippen LogP contribution in [0.2, 0.25) is 0 Å². The normalized spacial score (nSPS) is 12.8. The summed E-state index contributed by atoms with van der Waals surface area (Å²) in [4.78, 5) is 61.7. The minimum atomic E-state index is -5.01. The molecule has 0 aromatic rings. The Morgan fingerprint density at radius 3 is 0.500 bits per heavy atom. The van der Waals surface area contributed by atoms with E-state index in [0.29, 0.717) is 19.8 Å². The van der Waals surface area contributed by atoms with E-state index in [2.05, 4.69) is 34.3 Å². The maximum atomic E-state index is 10.3. The Kier molecular flexibility index (Phi) is 83.8. The van der Waals surface area contributed by atoms with Crippen molar-refractivity contribution in [3.8, 4) is 0 Å². The molecule has 510 valence electrons. The molecule has 0 heterocycles. The summed E-state index contributed by atoms with van der Waals surface area (Å²) >= 11 is 0. The van der Waals surface area contributed by atoms with Crippen LogP contribution in [0.25, 0.3) is 0 Å². The van der Waals surface area contributed by atoms with Gasteiger partial charge in [-0.25, -0.2) is 0 Å². The standard InChI is InChI=1S/3C21H45O6P.2Al/c3*1-2-3-4-5-6-7-8-9-10-11-12-13-14-15-16-17-18-26-19-21(22)20-27-28(23,24)25;;/h3*21-22H,2-20H2,1H3,(H2,23,24,25);;/q;;;2*+3/p-6. The topological polar surface area (TPSA) is 306 Å². The predicted octanol–water partition coefficient (Wildman–Crippen LogP) is 12.7. The summed E-state index contributed by atoms with van der Waals surface area (Å²) in [5.41, 5.74) is 0. The number of rotatable bonds is 66. The zero-order valence-electron chi connectivity index (χ0n) is 55.0. The largest absolute Gasteiger partial charge is 3.00 e.